The molecule has 0 radical (unpaired) electrons. The zero-order chi connectivity index (χ0) is 35.7. The highest BCUT2D eigenvalue weighted by Crippen LogP contribution is 2.42. The smallest absolute Gasteiger partial charge is 0.303 e. The van der Waals surface area contributed by atoms with Crippen LogP contribution in [0.5, 0.6) is 0 Å². The van der Waals surface area contributed by atoms with E-state index in [-0.39, 0.29) is 36.0 Å². The fourth-order valence-electron chi connectivity index (χ4n) is 4.34. The summed E-state index contributed by atoms with van der Waals surface area (Å²) in [6, 6.07) is 0.0947. The van der Waals surface area contributed by atoms with E-state index in [2.05, 4.69) is 4.74 Å². The van der Waals surface area contributed by atoms with Crippen LogP contribution >= 0.6 is 11.3 Å². The Labute approximate surface area is 277 Å². The molecule has 2 heterocycles. The molecule has 0 aliphatic carbocycles. The number of rotatable bonds is 16. The highest BCUT2D eigenvalue weighted by molar-refractivity contribution is 7.94. The maximum Gasteiger partial charge on any atom is 0.303 e. The van der Waals surface area contributed by atoms with E-state index in [9.17, 15) is 45.6 Å². The number of likely N-dealkylation sites (N-methyl/N-ethyl adjacent to an activating group) is 3. The molecule has 0 bridgehead atoms. The van der Waals surface area contributed by atoms with Crippen LogP contribution in [0, 0.1) is 0 Å². The van der Waals surface area contributed by atoms with Gasteiger partial charge in [0.05, 0.1) is 12.6 Å². The molecule has 47 heavy (non-hydrogen) atoms. The number of carbonyl (C=O) groups excluding carboxylic acids is 6. The van der Waals surface area contributed by atoms with E-state index >= 15 is 0 Å². The number of thiophene rings is 1. The van der Waals surface area contributed by atoms with Gasteiger partial charge in [0.15, 0.2) is 13.2 Å². The van der Waals surface area contributed by atoms with Crippen LogP contribution in [0.3, 0.4) is 0 Å². The fraction of sp³-hybridized carbons (Fsp3) is 0.615. The molecule has 21 heteroatoms. The molecule has 1 atom stereocenters. The zero-order valence-electron chi connectivity index (χ0n) is 26.8. The number of fused-ring (bicyclic) bond motifs is 1. The predicted molar refractivity (Wildman–Crippen MR) is 164 cm³/mol. The van der Waals surface area contributed by atoms with Crippen LogP contribution in [0.15, 0.2) is 14.5 Å². The van der Waals surface area contributed by atoms with E-state index in [0.29, 0.717) is 17.8 Å². The molecule has 4 amide bonds. The second-order valence-electron chi connectivity index (χ2n) is 10.3. The minimum Gasteiger partial charge on any atom is -0.456 e. The molecule has 1 aromatic heterocycles. The van der Waals surface area contributed by atoms with Crippen molar-refractivity contribution in [2.45, 2.75) is 41.7 Å². The first-order chi connectivity index (χ1) is 21.8. The molecule has 1 N–H and O–H groups in total. The van der Waals surface area contributed by atoms with Crippen molar-refractivity contribution < 1.29 is 59.8 Å². The Hall–Kier alpha value is -3.66. The van der Waals surface area contributed by atoms with Crippen LogP contribution in [0.2, 0.25) is 0 Å². The average Bonchev–Trinajstić information content (AvgIpc) is 3.45. The number of esters is 2. The molecule has 1 aromatic rings. The maximum atomic E-state index is 13.6. The Morgan fingerprint density at radius 3 is 2.04 bits per heavy atom. The van der Waals surface area contributed by atoms with Crippen LogP contribution in [-0.4, -0.2) is 145 Å². The summed E-state index contributed by atoms with van der Waals surface area (Å²) in [4.78, 5) is 75.6. The van der Waals surface area contributed by atoms with E-state index in [1.54, 1.807) is 6.92 Å². The Kier molecular flexibility index (Phi) is 14.3. The quantitative estimate of drug-likeness (QED) is 0.152. The zero-order valence-corrected chi connectivity index (χ0v) is 29.3. The van der Waals surface area contributed by atoms with E-state index < -0.39 is 92.2 Å². The minimum atomic E-state index is -4.66. The SMILES string of the molecule is CCN(C(=O)CN(C)C(=O)COC(C)=O)[C@H]1CN(CCCOC)S(=O)(=O)c2sc(S(=O)(=O)NC(=O)CN(C)C(=O)COC(C)=O)cc21. The van der Waals surface area contributed by atoms with Crippen molar-refractivity contribution in [2.24, 2.45) is 0 Å². The van der Waals surface area contributed by atoms with Gasteiger partial charge in [-0.25, -0.2) is 21.6 Å². The van der Waals surface area contributed by atoms with Crippen LogP contribution in [0.1, 0.15) is 38.8 Å². The lowest BCUT2D eigenvalue weighted by molar-refractivity contribution is -0.151. The number of amides is 4. The second-order valence-corrected chi connectivity index (χ2v) is 15.4. The molecule has 18 nitrogen and oxygen atoms in total. The van der Waals surface area contributed by atoms with Crippen molar-refractivity contribution >= 4 is 67.0 Å². The summed E-state index contributed by atoms with van der Waals surface area (Å²) < 4.78 is 70.2. The first-order valence-corrected chi connectivity index (χ1v) is 17.8. The van der Waals surface area contributed by atoms with Gasteiger partial charge in [0, 0.05) is 66.9 Å². The van der Waals surface area contributed by atoms with Crippen LogP contribution in [0.25, 0.3) is 0 Å². The van der Waals surface area contributed by atoms with E-state index in [1.165, 1.54) is 26.1 Å². The summed E-state index contributed by atoms with van der Waals surface area (Å²) in [5.74, 6) is -4.56. The van der Waals surface area contributed by atoms with Gasteiger partial charge in [-0.1, -0.05) is 0 Å². The van der Waals surface area contributed by atoms with Crippen molar-refractivity contribution in [3.05, 3.63) is 11.6 Å². The summed E-state index contributed by atoms with van der Waals surface area (Å²) in [6.45, 7) is 1.44. The molecule has 264 valence electrons. The minimum absolute atomic E-state index is 0.00332. The fourth-order valence-corrected chi connectivity index (χ4v) is 9.18. The Balaban J connectivity index is 2.42. The van der Waals surface area contributed by atoms with Crippen molar-refractivity contribution in [2.75, 3.05) is 73.7 Å². The summed E-state index contributed by atoms with van der Waals surface area (Å²) in [6.07, 6.45) is 0.293. The molecule has 1 aliphatic rings. The summed E-state index contributed by atoms with van der Waals surface area (Å²) in [5, 5.41) is 0. The molecular weight excluding hydrogens is 687 g/mol. The van der Waals surface area contributed by atoms with Gasteiger partial charge in [-0.2, -0.15) is 4.31 Å². The molecule has 1 aliphatic heterocycles. The Morgan fingerprint density at radius 2 is 1.53 bits per heavy atom. The monoisotopic (exact) mass is 725 g/mol. The number of hydrogen-bond acceptors (Lipinski definition) is 14. The second kappa shape index (κ2) is 16.9. The van der Waals surface area contributed by atoms with Gasteiger partial charge in [0.2, 0.25) is 5.91 Å². The number of nitrogens with one attached hydrogen (secondary N) is 1. The molecule has 2 rings (SSSR count). The van der Waals surface area contributed by atoms with Gasteiger partial charge >= 0.3 is 11.9 Å². The number of nitrogens with zero attached hydrogens (tertiary/aromatic N) is 4. The van der Waals surface area contributed by atoms with E-state index in [0.717, 1.165) is 34.0 Å². The number of carbonyl (C=O) groups is 6. The molecular formula is C26H39N5O13S3. The first-order valence-electron chi connectivity index (χ1n) is 14.1. The number of hydrogen-bond donors (Lipinski definition) is 1. The van der Waals surface area contributed by atoms with Crippen molar-refractivity contribution in [1.82, 2.24) is 23.7 Å². The standard InChI is InChI=1S/C26H39N5O13S3/c1-7-31(22(35)14-29(5)24(37)16-44-18(3)33)20-12-30(9-8-10-42-6)47(40,41)26-19(20)11-25(45-26)46(38,39)27-21(34)13-28(4)23(36)15-43-17(2)32/h11,20H,7-10,12-16H2,1-6H3,(H,27,34)/t20-/m0/s1. The van der Waals surface area contributed by atoms with Gasteiger partial charge in [-0.15, -0.1) is 11.3 Å². The third-order valence-corrected chi connectivity index (χ3v) is 12.1. The molecule has 0 fully saturated rings. The lowest BCUT2D eigenvalue weighted by atomic mass is 10.1. The highest BCUT2D eigenvalue weighted by Gasteiger charge is 2.43. The molecule has 0 saturated carbocycles. The first kappa shape index (κ1) is 39.5. The third kappa shape index (κ3) is 10.7. The largest absolute Gasteiger partial charge is 0.456 e. The lowest BCUT2D eigenvalue weighted by Gasteiger charge is -2.38. The number of ether oxygens (including phenoxy) is 3. The molecule has 0 spiro atoms. The van der Waals surface area contributed by atoms with Gasteiger partial charge in [0.1, 0.15) is 15.0 Å². The van der Waals surface area contributed by atoms with Gasteiger partial charge in [0.25, 0.3) is 37.8 Å². The Morgan fingerprint density at radius 1 is 0.979 bits per heavy atom. The summed E-state index contributed by atoms with van der Waals surface area (Å²) in [5.41, 5.74) is 0.00332. The van der Waals surface area contributed by atoms with Gasteiger partial charge < -0.3 is 28.9 Å². The number of methoxy groups -OCH3 is 1. The van der Waals surface area contributed by atoms with E-state index in [4.69, 9.17) is 9.47 Å². The van der Waals surface area contributed by atoms with Gasteiger partial charge in [-0.05, 0) is 19.4 Å². The maximum absolute atomic E-state index is 13.6. The van der Waals surface area contributed by atoms with Crippen molar-refractivity contribution in [3.63, 3.8) is 0 Å². The van der Waals surface area contributed by atoms with E-state index in [1.807, 2.05) is 4.72 Å². The normalized spacial score (nSPS) is 15.6. The average molecular weight is 726 g/mol. The Bertz CT molecular complexity index is 1580. The third-order valence-electron chi connectivity index (χ3n) is 6.72. The van der Waals surface area contributed by atoms with Gasteiger partial charge in [-0.3, -0.25) is 28.8 Å². The summed E-state index contributed by atoms with van der Waals surface area (Å²) in [7, 11) is -4.96. The topological polar surface area (TPSA) is 223 Å². The van der Waals surface area contributed by atoms with Crippen LogP contribution < -0.4 is 4.72 Å². The van der Waals surface area contributed by atoms with Crippen LogP contribution in [-0.2, 0) is 63.0 Å². The van der Waals surface area contributed by atoms with Crippen LogP contribution in [0.4, 0.5) is 0 Å². The predicted octanol–water partition coefficient (Wildman–Crippen LogP) is -1.47. The molecule has 0 saturated heterocycles. The highest BCUT2D eigenvalue weighted by atomic mass is 32.3. The number of sulfonamides is 2. The molecule has 0 aromatic carbocycles. The summed E-state index contributed by atoms with van der Waals surface area (Å²) >= 11 is 0.390. The van der Waals surface area contributed by atoms with Crippen molar-refractivity contribution in [3.8, 4) is 0 Å². The lowest BCUT2D eigenvalue weighted by Crippen LogP contribution is -2.49. The molecule has 0 unspecified atom stereocenters. The van der Waals surface area contributed by atoms with Crippen molar-refractivity contribution in [1.29, 1.82) is 0 Å².